The maximum atomic E-state index is 12.7. The highest BCUT2D eigenvalue weighted by molar-refractivity contribution is 7.89. The van der Waals surface area contributed by atoms with Crippen LogP contribution in [0.4, 0.5) is 0 Å². The van der Waals surface area contributed by atoms with Gasteiger partial charge in [0.25, 0.3) is 0 Å². The van der Waals surface area contributed by atoms with Crippen LogP contribution in [-0.4, -0.2) is 58.0 Å². The van der Waals surface area contributed by atoms with E-state index in [1.165, 1.54) is 8.99 Å². The molecule has 1 unspecified atom stereocenters. The highest BCUT2D eigenvalue weighted by Crippen LogP contribution is 2.30. The topological polar surface area (TPSA) is 95.7 Å². The van der Waals surface area contributed by atoms with Crippen molar-refractivity contribution >= 4 is 21.6 Å². The summed E-state index contributed by atoms with van der Waals surface area (Å²) in [5.74, 6) is 0. The summed E-state index contributed by atoms with van der Waals surface area (Å²) < 4.78 is 28.1. The molecule has 120 valence electrons. The predicted molar refractivity (Wildman–Crippen MR) is 77.6 cm³/mol. The molecular weight excluding hydrogens is 318 g/mol. The van der Waals surface area contributed by atoms with E-state index in [9.17, 15) is 18.6 Å². The third-order valence-electron chi connectivity index (χ3n) is 3.87. The zero-order valence-electron chi connectivity index (χ0n) is 12.1. The van der Waals surface area contributed by atoms with E-state index in [1.54, 1.807) is 14.0 Å². The van der Waals surface area contributed by atoms with E-state index < -0.39 is 15.6 Å². The van der Waals surface area contributed by atoms with E-state index in [0.29, 0.717) is 18.5 Å². The first-order valence-corrected chi connectivity index (χ1v) is 8.55. The monoisotopic (exact) mass is 337 g/mol. The molecule has 1 aromatic heterocycles. The van der Waals surface area contributed by atoms with Crippen molar-refractivity contribution in [1.82, 2.24) is 14.1 Å². The second kappa shape index (κ2) is 5.85. The Labute approximate surface area is 129 Å². The van der Waals surface area contributed by atoms with Gasteiger partial charge in [-0.15, -0.1) is 0 Å². The Hall–Kier alpha value is -0.670. The molecule has 1 atom stereocenters. The molecular formula is C12H20ClN3O4S. The van der Waals surface area contributed by atoms with Gasteiger partial charge < -0.3 is 10.2 Å². The van der Waals surface area contributed by atoms with Gasteiger partial charge in [0.05, 0.1) is 17.9 Å². The number of rotatable bonds is 3. The van der Waals surface area contributed by atoms with Gasteiger partial charge in [0, 0.05) is 20.1 Å². The normalized spacial score (nSPS) is 25.0. The number of sulfonamides is 1. The molecule has 2 N–H and O–H groups in total. The molecule has 1 fully saturated rings. The highest BCUT2D eigenvalue weighted by Gasteiger charge is 2.36. The molecule has 0 radical (unpaired) electrons. The number of nitrogens with zero attached hydrogens (tertiary/aromatic N) is 3. The first kappa shape index (κ1) is 16.7. The average Bonchev–Trinajstić information content (AvgIpc) is 2.59. The molecule has 1 aromatic rings. The van der Waals surface area contributed by atoms with Crippen LogP contribution >= 0.6 is 11.6 Å². The standard InChI is InChI=1S/C12H20ClN3O4S/c1-9-10(11(13)15(2)14-9)21(19,20)16-6-3-4-12(18,8-17)5-7-16/h17-18H,3-8H2,1-2H3. The van der Waals surface area contributed by atoms with Crippen LogP contribution < -0.4 is 0 Å². The van der Waals surface area contributed by atoms with Crippen LogP contribution in [0, 0.1) is 6.92 Å². The fourth-order valence-electron chi connectivity index (χ4n) is 2.59. The van der Waals surface area contributed by atoms with Crippen molar-refractivity contribution in [3.05, 3.63) is 10.8 Å². The number of hydrogen-bond acceptors (Lipinski definition) is 5. The average molecular weight is 338 g/mol. The van der Waals surface area contributed by atoms with Gasteiger partial charge in [0.2, 0.25) is 10.0 Å². The molecule has 9 heteroatoms. The van der Waals surface area contributed by atoms with Gasteiger partial charge in [-0.1, -0.05) is 11.6 Å². The van der Waals surface area contributed by atoms with Crippen LogP contribution in [0.25, 0.3) is 0 Å². The molecule has 1 aliphatic rings. The Kier molecular flexibility index (Phi) is 4.65. The van der Waals surface area contributed by atoms with Gasteiger partial charge in [-0.3, -0.25) is 4.68 Å². The summed E-state index contributed by atoms with van der Waals surface area (Å²) in [6, 6.07) is 0. The Morgan fingerprint density at radius 1 is 1.38 bits per heavy atom. The Morgan fingerprint density at radius 2 is 2.05 bits per heavy atom. The molecule has 2 heterocycles. The van der Waals surface area contributed by atoms with E-state index in [-0.39, 0.29) is 36.2 Å². The van der Waals surface area contributed by atoms with Gasteiger partial charge in [0.15, 0.2) is 0 Å². The Morgan fingerprint density at radius 3 is 2.57 bits per heavy atom. The van der Waals surface area contributed by atoms with Gasteiger partial charge in [-0.25, -0.2) is 8.42 Å². The lowest BCUT2D eigenvalue weighted by atomic mass is 9.96. The third kappa shape index (κ3) is 3.09. The van der Waals surface area contributed by atoms with Crippen LogP contribution in [0.3, 0.4) is 0 Å². The van der Waals surface area contributed by atoms with E-state index in [0.717, 1.165) is 0 Å². The summed E-state index contributed by atoms with van der Waals surface area (Å²) >= 11 is 6.05. The summed E-state index contributed by atoms with van der Waals surface area (Å²) in [6.45, 7) is 1.66. The number of aliphatic hydroxyl groups excluding tert-OH is 1. The molecule has 1 aliphatic heterocycles. The first-order valence-electron chi connectivity index (χ1n) is 6.74. The predicted octanol–water partition coefficient (Wildman–Crippen LogP) is 0.280. The fourth-order valence-corrected chi connectivity index (χ4v) is 4.77. The minimum atomic E-state index is -3.76. The molecule has 0 spiro atoms. The molecule has 0 bridgehead atoms. The smallest absolute Gasteiger partial charge is 0.248 e. The zero-order chi connectivity index (χ0) is 15.8. The maximum absolute atomic E-state index is 12.7. The minimum Gasteiger partial charge on any atom is -0.393 e. The van der Waals surface area contributed by atoms with Crippen LogP contribution in [0.1, 0.15) is 25.0 Å². The van der Waals surface area contributed by atoms with Crippen molar-refractivity contribution in [3.8, 4) is 0 Å². The summed E-state index contributed by atoms with van der Waals surface area (Å²) in [7, 11) is -2.17. The van der Waals surface area contributed by atoms with Crippen molar-refractivity contribution in [1.29, 1.82) is 0 Å². The van der Waals surface area contributed by atoms with Crippen molar-refractivity contribution in [2.45, 2.75) is 36.7 Å². The van der Waals surface area contributed by atoms with Crippen LogP contribution in [0.2, 0.25) is 5.15 Å². The molecule has 7 nitrogen and oxygen atoms in total. The van der Waals surface area contributed by atoms with Crippen LogP contribution in [-0.2, 0) is 17.1 Å². The summed E-state index contributed by atoms with van der Waals surface area (Å²) in [5, 5.41) is 23.4. The second-order valence-corrected chi connectivity index (χ2v) is 7.70. The van der Waals surface area contributed by atoms with Crippen molar-refractivity contribution in [3.63, 3.8) is 0 Å². The van der Waals surface area contributed by atoms with Crippen LogP contribution in [0.5, 0.6) is 0 Å². The summed E-state index contributed by atoms with van der Waals surface area (Å²) in [4.78, 5) is 0.0149. The molecule has 2 rings (SSSR count). The molecule has 0 saturated carbocycles. The van der Waals surface area contributed by atoms with Crippen molar-refractivity contribution in [2.24, 2.45) is 7.05 Å². The van der Waals surface area contributed by atoms with Gasteiger partial charge in [-0.2, -0.15) is 9.40 Å². The zero-order valence-corrected chi connectivity index (χ0v) is 13.7. The number of aromatic nitrogens is 2. The van der Waals surface area contributed by atoms with Crippen molar-refractivity contribution < 1.29 is 18.6 Å². The quantitative estimate of drug-likeness (QED) is 0.826. The number of halogens is 1. The number of hydrogen-bond donors (Lipinski definition) is 2. The van der Waals surface area contributed by atoms with E-state index in [1.807, 2.05) is 0 Å². The third-order valence-corrected chi connectivity index (χ3v) is 6.46. The van der Waals surface area contributed by atoms with Gasteiger partial charge in [0.1, 0.15) is 10.0 Å². The minimum absolute atomic E-state index is 0.0149. The van der Waals surface area contributed by atoms with Crippen LogP contribution in [0.15, 0.2) is 4.90 Å². The molecule has 21 heavy (non-hydrogen) atoms. The van der Waals surface area contributed by atoms with Gasteiger partial charge >= 0.3 is 0 Å². The number of aliphatic hydroxyl groups is 2. The SMILES string of the molecule is Cc1nn(C)c(Cl)c1S(=O)(=O)N1CCCC(O)(CO)CC1. The lowest BCUT2D eigenvalue weighted by Gasteiger charge is -2.24. The summed E-state index contributed by atoms with van der Waals surface area (Å²) in [5.41, 5.74) is -0.859. The van der Waals surface area contributed by atoms with E-state index in [2.05, 4.69) is 5.10 Å². The molecule has 0 amide bonds. The Balaban J connectivity index is 2.32. The highest BCUT2D eigenvalue weighted by atomic mass is 35.5. The largest absolute Gasteiger partial charge is 0.393 e. The summed E-state index contributed by atoms with van der Waals surface area (Å²) in [6.07, 6.45) is 1.04. The Bertz CT molecular complexity index is 631. The lowest BCUT2D eigenvalue weighted by molar-refractivity contribution is -0.0243. The molecule has 0 aromatic carbocycles. The molecule has 0 aliphatic carbocycles. The number of aryl methyl sites for hydroxylation is 2. The van der Waals surface area contributed by atoms with Crippen molar-refractivity contribution in [2.75, 3.05) is 19.7 Å². The van der Waals surface area contributed by atoms with E-state index in [4.69, 9.17) is 11.6 Å². The van der Waals surface area contributed by atoms with E-state index >= 15 is 0 Å². The fraction of sp³-hybridized carbons (Fsp3) is 0.750. The molecule has 1 saturated heterocycles. The second-order valence-electron chi connectivity index (χ2n) is 5.47. The first-order chi connectivity index (χ1) is 9.71. The lowest BCUT2D eigenvalue weighted by Crippen LogP contribution is -2.36. The van der Waals surface area contributed by atoms with Gasteiger partial charge in [-0.05, 0) is 26.2 Å². The maximum Gasteiger partial charge on any atom is 0.248 e.